The zero-order chi connectivity index (χ0) is 17.9. The molecule has 24 heavy (non-hydrogen) atoms. The van der Waals surface area contributed by atoms with Gasteiger partial charge in [-0.05, 0) is 13.8 Å². The van der Waals surface area contributed by atoms with Crippen molar-refractivity contribution in [1.82, 2.24) is 4.57 Å². The molecule has 2 rings (SSSR count). The van der Waals surface area contributed by atoms with E-state index in [1.807, 2.05) is 6.07 Å². The summed E-state index contributed by atoms with van der Waals surface area (Å²) < 4.78 is 1.00. The van der Waals surface area contributed by atoms with E-state index in [-0.39, 0.29) is 29.1 Å². The second kappa shape index (κ2) is 6.87. The van der Waals surface area contributed by atoms with Gasteiger partial charge in [0.1, 0.15) is 11.6 Å². The Bertz CT molecular complexity index is 873. The van der Waals surface area contributed by atoms with Crippen molar-refractivity contribution >= 4 is 5.69 Å². The van der Waals surface area contributed by atoms with Crippen LogP contribution >= 0.6 is 0 Å². The summed E-state index contributed by atoms with van der Waals surface area (Å²) in [5, 5.41) is 37.9. The van der Waals surface area contributed by atoms with Crippen LogP contribution in [0.25, 0.3) is 0 Å². The van der Waals surface area contributed by atoms with Crippen LogP contribution in [-0.4, -0.2) is 20.6 Å². The van der Waals surface area contributed by atoms with E-state index < -0.39 is 22.4 Å². The molecule has 1 aromatic heterocycles. The van der Waals surface area contributed by atoms with Crippen molar-refractivity contribution in [2.45, 2.75) is 32.9 Å². The Morgan fingerprint density at radius 2 is 2.29 bits per heavy atom. The second-order valence-electron chi connectivity index (χ2n) is 5.08. The second-order valence-corrected chi connectivity index (χ2v) is 5.08. The summed E-state index contributed by atoms with van der Waals surface area (Å²) in [6.45, 7) is 3.26. The number of pyridine rings is 1. The van der Waals surface area contributed by atoms with Gasteiger partial charge in [0.2, 0.25) is 5.88 Å². The molecule has 1 aliphatic rings. The van der Waals surface area contributed by atoms with E-state index >= 15 is 0 Å². The van der Waals surface area contributed by atoms with Crippen molar-refractivity contribution in [3.63, 3.8) is 0 Å². The van der Waals surface area contributed by atoms with E-state index in [0.717, 1.165) is 4.57 Å². The fourth-order valence-electron chi connectivity index (χ4n) is 2.37. The molecule has 0 spiro atoms. The van der Waals surface area contributed by atoms with Crippen LogP contribution in [0.5, 0.6) is 5.88 Å². The minimum absolute atomic E-state index is 0.0704. The zero-order valence-electron chi connectivity index (χ0n) is 13.1. The maximum absolute atomic E-state index is 12.4. The molecule has 1 aliphatic carbocycles. The molecule has 1 unspecified atom stereocenters. The third-order valence-electron chi connectivity index (χ3n) is 3.70. The molecule has 0 saturated carbocycles. The predicted octanol–water partition coefficient (Wildman–Crippen LogP) is 2.33. The van der Waals surface area contributed by atoms with Gasteiger partial charge in [-0.25, -0.2) is 0 Å². The molecule has 1 atom stereocenters. The number of allylic oxidation sites excluding steroid dienone is 2. The molecular weight excluding hydrogens is 314 g/mol. The van der Waals surface area contributed by atoms with Gasteiger partial charge in [-0.3, -0.25) is 19.5 Å². The van der Waals surface area contributed by atoms with Crippen LogP contribution in [0.15, 0.2) is 38.9 Å². The molecule has 9 nitrogen and oxygen atoms in total. The monoisotopic (exact) mass is 329 g/mol. The highest BCUT2D eigenvalue weighted by molar-refractivity contribution is 5.56. The summed E-state index contributed by atoms with van der Waals surface area (Å²) in [6, 6.07) is 1.02. The number of azo groups is 1. The predicted molar refractivity (Wildman–Crippen MR) is 84.6 cm³/mol. The molecule has 9 heteroatoms. The van der Waals surface area contributed by atoms with E-state index in [4.69, 9.17) is 5.26 Å². The maximum atomic E-state index is 12.4. The van der Waals surface area contributed by atoms with Gasteiger partial charge >= 0.3 is 0 Å². The van der Waals surface area contributed by atoms with Crippen LogP contribution in [0.2, 0.25) is 0 Å². The fraction of sp³-hybridized carbons (Fsp3) is 0.333. The summed E-state index contributed by atoms with van der Waals surface area (Å²) in [4.78, 5) is 22.9. The van der Waals surface area contributed by atoms with Gasteiger partial charge in [0, 0.05) is 24.6 Å². The zero-order valence-corrected chi connectivity index (χ0v) is 13.1. The molecule has 1 N–H and O–H groups in total. The number of aromatic nitrogens is 1. The van der Waals surface area contributed by atoms with Crippen molar-refractivity contribution in [2.24, 2.45) is 10.2 Å². The fourth-order valence-corrected chi connectivity index (χ4v) is 2.37. The lowest BCUT2D eigenvalue weighted by Crippen LogP contribution is -2.21. The summed E-state index contributed by atoms with van der Waals surface area (Å²) in [7, 11) is 0. The smallest absolute Gasteiger partial charge is 0.281 e. The molecule has 0 saturated heterocycles. The van der Waals surface area contributed by atoms with Crippen LogP contribution < -0.4 is 5.56 Å². The number of nitro groups is 1. The van der Waals surface area contributed by atoms with Crippen LogP contribution in [0.3, 0.4) is 0 Å². The third kappa shape index (κ3) is 2.94. The summed E-state index contributed by atoms with van der Waals surface area (Å²) in [5.41, 5.74) is -0.712. The van der Waals surface area contributed by atoms with Gasteiger partial charge in [-0.2, -0.15) is 10.4 Å². The topological polar surface area (TPSA) is 134 Å². The minimum Gasteiger partial charge on any atom is -0.493 e. The van der Waals surface area contributed by atoms with Crippen molar-refractivity contribution in [1.29, 1.82) is 5.26 Å². The Balaban J connectivity index is 2.53. The Morgan fingerprint density at radius 3 is 2.88 bits per heavy atom. The highest BCUT2D eigenvalue weighted by atomic mass is 16.6. The quantitative estimate of drug-likeness (QED) is 0.514. The first kappa shape index (κ1) is 17.1. The van der Waals surface area contributed by atoms with Crippen LogP contribution in [0.1, 0.15) is 24.5 Å². The Labute approximate surface area is 137 Å². The van der Waals surface area contributed by atoms with E-state index in [2.05, 4.69) is 10.2 Å². The SMILES string of the molecule is CCn1c(O)c(C#N)c(C)c(N=NC2CC=CC=C2[N+](=O)[O-])c1=O. The van der Waals surface area contributed by atoms with Gasteiger partial charge in [-0.1, -0.05) is 12.2 Å². The Hall–Kier alpha value is -3.28. The summed E-state index contributed by atoms with van der Waals surface area (Å²) in [6.07, 6.45) is 4.90. The normalized spacial score (nSPS) is 16.9. The van der Waals surface area contributed by atoms with Gasteiger partial charge < -0.3 is 5.11 Å². The van der Waals surface area contributed by atoms with Gasteiger partial charge in [0.15, 0.2) is 11.7 Å². The minimum atomic E-state index is -0.807. The number of nitriles is 1. The molecule has 0 amide bonds. The third-order valence-corrected chi connectivity index (χ3v) is 3.70. The van der Waals surface area contributed by atoms with Crippen molar-refractivity contribution in [2.75, 3.05) is 0 Å². The average molecular weight is 329 g/mol. The van der Waals surface area contributed by atoms with Crippen LogP contribution in [0, 0.1) is 28.4 Å². The number of aromatic hydroxyl groups is 1. The van der Waals surface area contributed by atoms with Gasteiger partial charge in [0.25, 0.3) is 11.3 Å². The molecule has 0 bridgehead atoms. The standard InChI is InChI=1S/C15H15N5O4/c1-3-19-14(21)10(8-16)9(2)13(15(19)22)18-17-11-6-4-5-7-12(11)20(23)24/h4-5,7,11,21H,3,6H2,1-2H3. The van der Waals surface area contributed by atoms with E-state index in [1.165, 1.54) is 13.0 Å². The summed E-state index contributed by atoms with van der Waals surface area (Å²) >= 11 is 0. The first-order chi connectivity index (χ1) is 11.4. The number of hydrogen-bond donors (Lipinski definition) is 1. The van der Waals surface area contributed by atoms with Crippen molar-refractivity contribution < 1.29 is 10.0 Å². The molecule has 1 heterocycles. The molecule has 0 aliphatic heterocycles. The molecule has 0 fully saturated rings. The van der Waals surface area contributed by atoms with E-state index in [9.17, 15) is 20.0 Å². The van der Waals surface area contributed by atoms with Gasteiger partial charge in [0.05, 0.1) is 4.92 Å². The lowest BCUT2D eigenvalue weighted by atomic mass is 10.1. The molecule has 0 aromatic carbocycles. The molecule has 0 radical (unpaired) electrons. The Morgan fingerprint density at radius 1 is 1.58 bits per heavy atom. The largest absolute Gasteiger partial charge is 0.493 e. The first-order valence-corrected chi connectivity index (χ1v) is 7.20. The number of nitrogens with zero attached hydrogens (tertiary/aromatic N) is 5. The first-order valence-electron chi connectivity index (χ1n) is 7.20. The van der Waals surface area contributed by atoms with Crippen molar-refractivity contribution in [3.05, 3.63) is 55.5 Å². The van der Waals surface area contributed by atoms with E-state index in [0.29, 0.717) is 6.42 Å². The molecule has 1 aromatic rings. The lowest BCUT2D eigenvalue weighted by molar-refractivity contribution is -0.429. The lowest BCUT2D eigenvalue weighted by Gasteiger charge is -2.12. The van der Waals surface area contributed by atoms with Gasteiger partial charge in [-0.15, -0.1) is 5.11 Å². The van der Waals surface area contributed by atoms with Crippen LogP contribution in [-0.2, 0) is 6.54 Å². The number of rotatable bonds is 4. The highest BCUT2D eigenvalue weighted by Gasteiger charge is 2.26. The van der Waals surface area contributed by atoms with Crippen LogP contribution in [0.4, 0.5) is 5.69 Å². The molecule has 124 valence electrons. The summed E-state index contributed by atoms with van der Waals surface area (Å²) in [5.74, 6) is -0.423. The Kier molecular flexibility index (Phi) is 4.89. The van der Waals surface area contributed by atoms with Crippen molar-refractivity contribution in [3.8, 4) is 11.9 Å². The molecular formula is C15H15N5O4. The maximum Gasteiger partial charge on any atom is 0.281 e. The average Bonchev–Trinajstić information content (AvgIpc) is 2.55. The van der Waals surface area contributed by atoms with E-state index in [1.54, 1.807) is 19.1 Å². The highest BCUT2D eigenvalue weighted by Crippen LogP contribution is 2.26. The number of hydrogen-bond acceptors (Lipinski definition) is 7.